The van der Waals surface area contributed by atoms with E-state index in [1.165, 1.54) is 6.42 Å². The number of benzene rings is 1. The molecule has 0 fully saturated rings. The third-order valence-corrected chi connectivity index (χ3v) is 3.12. The van der Waals surface area contributed by atoms with Crippen LogP contribution in [0.2, 0.25) is 0 Å². The molecule has 3 nitrogen and oxygen atoms in total. The van der Waals surface area contributed by atoms with Crippen molar-refractivity contribution in [3.63, 3.8) is 0 Å². The Morgan fingerprint density at radius 2 is 2.28 bits per heavy atom. The van der Waals surface area contributed by atoms with Gasteiger partial charge in [-0.25, -0.2) is 0 Å². The molecule has 0 bridgehead atoms. The molecule has 0 radical (unpaired) electrons. The lowest BCUT2D eigenvalue weighted by Gasteiger charge is -2.05. The van der Waals surface area contributed by atoms with Crippen molar-refractivity contribution in [3.8, 4) is 5.75 Å². The van der Waals surface area contributed by atoms with Crippen LogP contribution in [0.5, 0.6) is 5.75 Å². The second kappa shape index (κ2) is 6.24. The summed E-state index contributed by atoms with van der Waals surface area (Å²) in [7, 11) is 1.68. The SMILES string of the molecule is COc1cccc(/C=C/C2CCCCC(N)=N2)c1. The molecule has 0 saturated carbocycles. The molecule has 1 unspecified atom stereocenters. The molecule has 1 aliphatic heterocycles. The summed E-state index contributed by atoms with van der Waals surface area (Å²) in [6.07, 6.45) is 8.59. The van der Waals surface area contributed by atoms with Crippen molar-refractivity contribution >= 4 is 11.9 Å². The minimum atomic E-state index is 0.221. The van der Waals surface area contributed by atoms with Crippen molar-refractivity contribution in [2.75, 3.05) is 7.11 Å². The van der Waals surface area contributed by atoms with E-state index in [1.54, 1.807) is 7.11 Å². The van der Waals surface area contributed by atoms with Gasteiger partial charge >= 0.3 is 0 Å². The number of aliphatic imine (C=N–C) groups is 1. The highest BCUT2D eigenvalue weighted by Gasteiger charge is 2.08. The molecule has 2 N–H and O–H groups in total. The molecule has 0 saturated heterocycles. The number of hydrogen-bond donors (Lipinski definition) is 1. The van der Waals surface area contributed by atoms with Gasteiger partial charge in [-0.3, -0.25) is 4.99 Å². The lowest BCUT2D eigenvalue weighted by molar-refractivity contribution is 0.414. The Kier molecular flexibility index (Phi) is 4.40. The molecule has 96 valence electrons. The van der Waals surface area contributed by atoms with E-state index < -0.39 is 0 Å². The van der Waals surface area contributed by atoms with Gasteiger partial charge in [0.2, 0.25) is 0 Å². The van der Waals surface area contributed by atoms with Crippen LogP contribution in [-0.4, -0.2) is 19.0 Å². The van der Waals surface area contributed by atoms with Gasteiger partial charge in [0, 0.05) is 6.42 Å². The highest BCUT2D eigenvalue weighted by Crippen LogP contribution is 2.17. The van der Waals surface area contributed by atoms with Crippen LogP contribution in [0, 0.1) is 0 Å². The van der Waals surface area contributed by atoms with Crippen LogP contribution in [0.15, 0.2) is 35.3 Å². The molecular formula is C15H20N2O. The molecule has 2 rings (SSSR count). The van der Waals surface area contributed by atoms with E-state index in [0.717, 1.165) is 36.4 Å². The fraction of sp³-hybridized carbons (Fsp3) is 0.400. The molecule has 1 aliphatic rings. The summed E-state index contributed by atoms with van der Waals surface area (Å²) in [5.74, 6) is 1.66. The van der Waals surface area contributed by atoms with Gasteiger partial charge in [0.1, 0.15) is 5.75 Å². The monoisotopic (exact) mass is 244 g/mol. The fourth-order valence-corrected chi connectivity index (χ4v) is 2.11. The Morgan fingerprint density at radius 3 is 3.11 bits per heavy atom. The summed E-state index contributed by atoms with van der Waals surface area (Å²) in [6.45, 7) is 0. The highest BCUT2D eigenvalue weighted by molar-refractivity contribution is 5.80. The maximum atomic E-state index is 5.84. The topological polar surface area (TPSA) is 47.6 Å². The number of ether oxygens (including phenoxy) is 1. The van der Waals surface area contributed by atoms with E-state index in [1.807, 2.05) is 18.2 Å². The molecule has 0 amide bonds. The summed E-state index contributed by atoms with van der Waals surface area (Å²) >= 11 is 0. The van der Waals surface area contributed by atoms with E-state index in [4.69, 9.17) is 10.5 Å². The maximum Gasteiger partial charge on any atom is 0.119 e. The molecule has 3 heteroatoms. The molecule has 1 aromatic rings. The predicted octanol–water partition coefficient (Wildman–Crippen LogP) is 3.01. The zero-order valence-corrected chi connectivity index (χ0v) is 10.8. The quantitative estimate of drug-likeness (QED) is 0.888. The molecule has 18 heavy (non-hydrogen) atoms. The average Bonchev–Trinajstić information content (AvgIpc) is 2.61. The molecule has 0 aliphatic carbocycles. The number of rotatable bonds is 3. The zero-order chi connectivity index (χ0) is 12.8. The Labute approximate surface area is 108 Å². The first-order chi connectivity index (χ1) is 8.78. The van der Waals surface area contributed by atoms with Crippen LogP contribution in [-0.2, 0) is 0 Å². The number of amidine groups is 1. The van der Waals surface area contributed by atoms with Crippen molar-refractivity contribution in [1.82, 2.24) is 0 Å². The molecule has 0 aromatic heterocycles. The normalized spacial score (nSPS) is 20.5. The molecule has 1 aromatic carbocycles. The van der Waals surface area contributed by atoms with Crippen LogP contribution in [0.4, 0.5) is 0 Å². The first kappa shape index (κ1) is 12.7. The molecular weight excluding hydrogens is 224 g/mol. The van der Waals surface area contributed by atoms with Crippen molar-refractivity contribution in [1.29, 1.82) is 0 Å². The Bertz CT molecular complexity index is 452. The summed E-state index contributed by atoms with van der Waals surface area (Å²) in [5.41, 5.74) is 6.97. The summed E-state index contributed by atoms with van der Waals surface area (Å²) in [6, 6.07) is 8.23. The van der Waals surface area contributed by atoms with Gasteiger partial charge < -0.3 is 10.5 Å². The summed E-state index contributed by atoms with van der Waals surface area (Å²) < 4.78 is 5.20. The number of nitrogens with zero attached hydrogens (tertiary/aromatic N) is 1. The van der Waals surface area contributed by atoms with Crippen molar-refractivity contribution in [2.45, 2.75) is 31.7 Å². The lowest BCUT2D eigenvalue weighted by Crippen LogP contribution is -2.12. The van der Waals surface area contributed by atoms with Gasteiger partial charge in [-0.05, 0) is 30.5 Å². The smallest absolute Gasteiger partial charge is 0.119 e. The second-order valence-corrected chi connectivity index (χ2v) is 4.57. The third-order valence-electron chi connectivity index (χ3n) is 3.12. The van der Waals surface area contributed by atoms with Gasteiger partial charge in [-0.15, -0.1) is 0 Å². The van der Waals surface area contributed by atoms with Crippen molar-refractivity contribution in [3.05, 3.63) is 35.9 Å². The fourth-order valence-electron chi connectivity index (χ4n) is 2.11. The summed E-state index contributed by atoms with van der Waals surface area (Å²) in [5, 5.41) is 0. The Morgan fingerprint density at radius 1 is 1.39 bits per heavy atom. The minimum Gasteiger partial charge on any atom is -0.497 e. The number of nitrogens with two attached hydrogens (primary N) is 1. The molecule has 1 heterocycles. The van der Waals surface area contributed by atoms with E-state index in [-0.39, 0.29) is 6.04 Å². The van der Waals surface area contributed by atoms with Gasteiger partial charge in [-0.2, -0.15) is 0 Å². The van der Waals surface area contributed by atoms with Crippen molar-refractivity contribution in [2.24, 2.45) is 10.7 Å². The van der Waals surface area contributed by atoms with E-state index >= 15 is 0 Å². The van der Waals surface area contributed by atoms with Crippen LogP contribution in [0.25, 0.3) is 6.08 Å². The van der Waals surface area contributed by atoms with E-state index in [0.29, 0.717) is 0 Å². The summed E-state index contributed by atoms with van der Waals surface area (Å²) in [4.78, 5) is 4.51. The zero-order valence-electron chi connectivity index (χ0n) is 10.8. The van der Waals surface area contributed by atoms with E-state index in [9.17, 15) is 0 Å². The van der Waals surface area contributed by atoms with Gasteiger partial charge in [0.05, 0.1) is 19.0 Å². The highest BCUT2D eigenvalue weighted by atomic mass is 16.5. The maximum absolute atomic E-state index is 5.84. The third kappa shape index (κ3) is 3.62. The first-order valence-corrected chi connectivity index (χ1v) is 6.42. The van der Waals surface area contributed by atoms with Crippen LogP contribution in [0.3, 0.4) is 0 Å². The molecule has 1 atom stereocenters. The van der Waals surface area contributed by atoms with Crippen LogP contribution >= 0.6 is 0 Å². The van der Waals surface area contributed by atoms with Crippen LogP contribution < -0.4 is 10.5 Å². The number of methoxy groups -OCH3 is 1. The first-order valence-electron chi connectivity index (χ1n) is 6.42. The second-order valence-electron chi connectivity index (χ2n) is 4.57. The molecule has 0 spiro atoms. The van der Waals surface area contributed by atoms with Gasteiger partial charge in [-0.1, -0.05) is 30.7 Å². The van der Waals surface area contributed by atoms with Crippen molar-refractivity contribution < 1.29 is 4.74 Å². The van der Waals surface area contributed by atoms with E-state index in [2.05, 4.69) is 23.2 Å². The van der Waals surface area contributed by atoms with Gasteiger partial charge in [0.25, 0.3) is 0 Å². The minimum absolute atomic E-state index is 0.221. The Balaban J connectivity index is 2.07. The lowest BCUT2D eigenvalue weighted by atomic mass is 10.1. The largest absolute Gasteiger partial charge is 0.497 e. The Hall–Kier alpha value is -1.77. The average molecular weight is 244 g/mol. The standard InChI is InChI=1S/C15H20N2O/c1-18-14-7-4-5-12(11-14)9-10-13-6-2-3-8-15(16)17-13/h4-5,7,9-11,13H,2-3,6,8H2,1H3,(H2,16,17)/b10-9+. The van der Waals surface area contributed by atoms with Crippen LogP contribution in [0.1, 0.15) is 31.2 Å². The number of hydrogen-bond acceptors (Lipinski definition) is 3. The predicted molar refractivity (Wildman–Crippen MR) is 75.9 cm³/mol. The van der Waals surface area contributed by atoms with Gasteiger partial charge in [0.15, 0.2) is 0 Å².